The zero-order valence-electron chi connectivity index (χ0n) is 17.3. The number of amides is 1. The van der Waals surface area contributed by atoms with Gasteiger partial charge < -0.3 is 20.3 Å². The lowest BCUT2D eigenvalue weighted by Crippen LogP contribution is -2.55. The third-order valence-corrected chi connectivity index (χ3v) is 5.68. The molecule has 2 N–H and O–H groups in total. The van der Waals surface area contributed by atoms with E-state index >= 15 is 0 Å². The van der Waals surface area contributed by atoms with Crippen LogP contribution >= 0.6 is 24.0 Å². The van der Waals surface area contributed by atoms with E-state index in [1.807, 2.05) is 32.7 Å². The second-order valence-electron chi connectivity index (χ2n) is 9.17. The van der Waals surface area contributed by atoms with Gasteiger partial charge in [-0.3, -0.25) is 4.99 Å². The van der Waals surface area contributed by atoms with Gasteiger partial charge in [-0.15, -0.1) is 24.0 Å². The highest BCUT2D eigenvalue weighted by Gasteiger charge is 2.45. The molecule has 3 fully saturated rings. The normalized spacial score (nSPS) is 27.8. The second kappa shape index (κ2) is 9.65. The van der Waals surface area contributed by atoms with Gasteiger partial charge in [0, 0.05) is 31.7 Å². The number of ether oxygens (including phenoxy) is 1. The van der Waals surface area contributed by atoms with Crippen LogP contribution in [0.25, 0.3) is 0 Å². The molecular formula is C20H37IN4O2. The molecule has 3 aliphatic rings. The first-order valence-corrected chi connectivity index (χ1v) is 10.3. The fraction of sp³-hybridized carbons (Fsp3) is 0.900. The average Bonchev–Trinajstić information content (AvgIpc) is 3.33. The van der Waals surface area contributed by atoms with E-state index in [1.165, 1.54) is 25.7 Å². The molecule has 0 aromatic heterocycles. The highest BCUT2D eigenvalue weighted by molar-refractivity contribution is 14.0. The summed E-state index contributed by atoms with van der Waals surface area (Å²) in [5, 5.41) is 7.03. The Morgan fingerprint density at radius 3 is 2.30 bits per heavy atom. The predicted molar refractivity (Wildman–Crippen MR) is 120 cm³/mol. The highest BCUT2D eigenvalue weighted by atomic mass is 127. The third kappa shape index (κ3) is 6.68. The molecule has 2 heterocycles. The van der Waals surface area contributed by atoms with Crippen LogP contribution in [0.3, 0.4) is 0 Å². The number of fused-ring (bicyclic) bond motifs is 2. The van der Waals surface area contributed by atoms with Crippen LogP contribution in [0, 0.1) is 5.92 Å². The molecule has 1 saturated carbocycles. The molecule has 0 spiro atoms. The first kappa shape index (κ1) is 22.6. The Bertz CT molecular complexity index is 517. The van der Waals surface area contributed by atoms with Crippen LogP contribution in [0.15, 0.2) is 4.99 Å². The largest absolute Gasteiger partial charge is 0.444 e. The molecule has 1 amide bonds. The monoisotopic (exact) mass is 492 g/mol. The Kier molecular flexibility index (Phi) is 8.06. The number of piperidine rings is 1. The number of nitrogens with zero attached hydrogens (tertiary/aromatic N) is 2. The minimum absolute atomic E-state index is 0. The summed E-state index contributed by atoms with van der Waals surface area (Å²) in [6.45, 7) is 6.78. The molecule has 6 nitrogen and oxygen atoms in total. The van der Waals surface area contributed by atoms with Crippen LogP contribution in [-0.4, -0.2) is 54.3 Å². The molecule has 3 rings (SSSR count). The van der Waals surface area contributed by atoms with Crippen molar-refractivity contribution in [2.24, 2.45) is 10.9 Å². The maximum Gasteiger partial charge on any atom is 0.410 e. The van der Waals surface area contributed by atoms with E-state index < -0.39 is 5.60 Å². The van der Waals surface area contributed by atoms with Crippen LogP contribution in [-0.2, 0) is 4.74 Å². The number of rotatable bonds is 5. The van der Waals surface area contributed by atoms with Crippen molar-refractivity contribution in [1.82, 2.24) is 15.5 Å². The van der Waals surface area contributed by atoms with Gasteiger partial charge in [-0.2, -0.15) is 0 Å². The van der Waals surface area contributed by atoms with Gasteiger partial charge >= 0.3 is 6.09 Å². The van der Waals surface area contributed by atoms with Gasteiger partial charge in [0.2, 0.25) is 0 Å². The van der Waals surface area contributed by atoms with Crippen LogP contribution < -0.4 is 10.6 Å². The van der Waals surface area contributed by atoms with Crippen LogP contribution in [0.5, 0.6) is 0 Å². The van der Waals surface area contributed by atoms with Gasteiger partial charge in [0.15, 0.2) is 5.96 Å². The Morgan fingerprint density at radius 2 is 1.78 bits per heavy atom. The van der Waals surface area contributed by atoms with Gasteiger partial charge in [-0.05, 0) is 65.2 Å². The van der Waals surface area contributed by atoms with E-state index in [0.29, 0.717) is 6.04 Å². The van der Waals surface area contributed by atoms with E-state index in [2.05, 4.69) is 15.6 Å². The van der Waals surface area contributed by atoms with E-state index in [0.717, 1.165) is 44.1 Å². The topological polar surface area (TPSA) is 66.0 Å². The van der Waals surface area contributed by atoms with E-state index in [1.54, 1.807) is 0 Å². The number of carbonyl (C=O) groups excluding carboxylic acids is 1. The Hall–Kier alpha value is -0.730. The van der Waals surface area contributed by atoms with Crippen molar-refractivity contribution in [1.29, 1.82) is 0 Å². The smallest absolute Gasteiger partial charge is 0.410 e. The van der Waals surface area contributed by atoms with E-state index in [4.69, 9.17) is 4.74 Å². The Labute approximate surface area is 181 Å². The predicted octanol–water partition coefficient (Wildman–Crippen LogP) is 3.89. The molecule has 2 atom stereocenters. The molecule has 2 aliphatic heterocycles. The molecule has 2 saturated heterocycles. The fourth-order valence-corrected chi connectivity index (χ4v) is 4.30. The number of nitrogens with one attached hydrogen (secondary N) is 2. The van der Waals surface area contributed by atoms with Gasteiger partial charge in [0.25, 0.3) is 0 Å². The van der Waals surface area contributed by atoms with Gasteiger partial charge in [0.05, 0.1) is 0 Å². The summed E-state index contributed by atoms with van der Waals surface area (Å²) in [7, 11) is 1.83. The Morgan fingerprint density at radius 1 is 1.15 bits per heavy atom. The molecule has 0 aromatic carbocycles. The lowest BCUT2D eigenvalue weighted by molar-refractivity contribution is 0.00545. The molecule has 0 aromatic rings. The maximum absolute atomic E-state index is 12.5. The number of hydrogen-bond donors (Lipinski definition) is 2. The highest BCUT2D eigenvalue weighted by Crippen LogP contribution is 2.37. The van der Waals surface area contributed by atoms with Crippen molar-refractivity contribution < 1.29 is 9.53 Å². The molecule has 2 unspecified atom stereocenters. The summed E-state index contributed by atoms with van der Waals surface area (Å²) in [5.74, 6) is 1.88. The number of hydrogen-bond acceptors (Lipinski definition) is 3. The number of carbonyl (C=O) groups is 1. The van der Waals surface area contributed by atoms with Crippen molar-refractivity contribution in [3.05, 3.63) is 0 Å². The molecular weight excluding hydrogens is 455 g/mol. The first-order valence-electron chi connectivity index (χ1n) is 10.3. The summed E-state index contributed by atoms with van der Waals surface area (Å²) >= 11 is 0. The van der Waals surface area contributed by atoms with Crippen molar-refractivity contribution in [2.75, 3.05) is 13.6 Å². The van der Waals surface area contributed by atoms with Crippen molar-refractivity contribution in [2.45, 2.75) is 95.9 Å². The van der Waals surface area contributed by atoms with Gasteiger partial charge in [-0.25, -0.2) is 4.79 Å². The van der Waals surface area contributed by atoms with Gasteiger partial charge in [-0.1, -0.05) is 12.8 Å². The van der Waals surface area contributed by atoms with E-state index in [-0.39, 0.29) is 42.2 Å². The van der Waals surface area contributed by atoms with E-state index in [9.17, 15) is 4.79 Å². The van der Waals surface area contributed by atoms with Crippen molar-refractivity contribution in [3.8, 4) is 0 Å². The molecule has 2 bridgehead atoms. The molecule has 27 heavy (non-hydrogen) atoms. The second-order valence-corrected chi connectivity index (χ2v) is 9.17. The van der Waals surface area contributed by atoms with Crippen LogP contribution in [0.2, 0.25) is 0 Å². The lowest BCUT2D eigenvalue weighted by Gasteiger charge is -2.40. The zero-order valence-corrected chi connectivity index (χ0v) is 19.6. The summed E-state index contributed by atoms with van der Waals surface area (Å²) < 4.78 is 5.62. The zero-order chi connectivity index (χ0) is 18.7. The summed E-state index contributed by atoms with van der Waals surface area (Å²) in [5.41, 5.74) is -0.432. The minimum Gasteiger partial charge on any atom is -0.444 e. The quantitative estimate of drug-likeness (QED) is 0.265. The summed E-state index contributed by atoms with van der Waals surface area (Å²) in [6, 6.07) is 0.948. The fourth-order valence-electron chi connectivity index (χ4n) is 4.30. The number of aliphatic imine (C=N–C) groups is 1. The molecule has 156 valence electrons. The molecule has 1 aliphatic carbocycles. The third-order valence-electron chi connectivity index (χ3n) is 5.68. The standard InChI is InChI=1S/C20H36N4O2.HI/c1-20(2,3)26-19(25)24-16-9-10-17(24)13-15(12-16)23-18(21-4)22-11-5-6-14-7-8-14;/h14-17H,5-13H2,1-4H3,(H2,21,22,23);1H. The van der Waals surface area contributed by atoms with Crippen LogP contribution in [0.4, 0.5) is 4.79 Å². The SMILES string of the molecule is CN=C(NCCCC1CC1)NC1CC2CCC(C1)N2C(=O)OC(C)(C)C.I. The Balaban J connectivity index is 0.00000261. The van der Waals surface area contributed by atoms with Crippen molar-refractivity contribution >= 4 is 36.0 Å². The summed E-state index contributed by atoms with van der Waals surface area (Å²) in [4.78, 5) is 18.9. The molecule has 7 heteroatoms. The van der Waals surface area contributed by atoms with Crippen molar-refractivity contribution in [3.63, 3.8) is 0 Å². The minimum atomic E-state index is -0.432. The number of guanidine groups is 1. The van der Waals surface area contributed by atoms with Crippen LogP contribution in [0.1, 0.15) is 72.1 Å². The first-order chi connectivity index (χ1) is 12.4. The average molecular weight is 492 g/mol. The lowest BCUT2D eigenvalue weighted by atomic mass is 9.98. The van der Waals surface area contributed by atoms with Gasteiger partial charge in [0.1, 0.15) is 5.60 Å². The number of halogens is 1. The molecule has 0 radical (unpaired) electrons. The maximum atomic E-state index is 12.5. The summed E-state index contributed by atoms with van der Waals surface area (Å²) in [6.07, 6.45) is 9.35.